The van der Waals surface area contributed by atoms with Crippen molar-refractivity contribution in [1.29, 1.82) is 0 Å². The van der Waals surface area contributed by atoms with Gasteiger partial charge in [-0.1, -0.05) is 6.07 Å². The minimum atomic E-state index is -1.10. The monoisotopic (exact) mass is 351 g/mol. The number of pyridine rings is 1. The fraction of sp³-hybridized carbons (Fsp3) is 0.188. The van der Waals surface area contributed by atoms with Gasteiger partial charge in [0.25, 0.3) is 0 Å². The largest absolute Gasteiger partial charge is 0.357 e. The molecule has 1 atom stereocenters. The van der Waals surface area contributed by atoms with E-state index in [0.717, 1.165) is 17.0 Å². The number of hydrogen-bond acceptors (Lipinski definition) is 4. The number of carbonyl (C=O) groups excluding carboxylic acids is 2. The number of thioether (sulfide) groups is 1. The average Bonchev–Trinajstić information content (AvgIpc) is 2.60. The first-order valence-electron chi connectivity index (χ1n) is 7.00. The van der Waals surface area contributed by atoms with Crippen molar-refractivity contribution in [2.24, 2.45) is 0 Å². The summed E-state index contributed by atoms with van der Waals surface area (Å²) in [6.07, 6.45) is 3.21. The lowest BCUT2D eigenvalue weighted by molar-refractivity contribution is -0.127. The first kappa shape index (κ1) is 17.9. The summed E-state index contributed by atoms with van der Waals surface area (Å²) in [6.45, 7) is 0. The minimum Gasteiger partial charge on any atom is -0.357 e. The van der Waals surface area contributed by atoms with Crippen LogP contribution in [0.15, 0.2) is 47.6 Å². The van der Waals surface area contributed by atoms with Crippen molar-refractivity contribution in [3.05, 3.63) is 59.9 Å². The number of hydrogen-bond donors (Lipinski definition) is 2. The molecule has 1 aromatic heterocycles. The lowest BCUT2D eigenvalue weighted by Crippen LogP contribution is -2.39. The van der Waals surface area contributed by atoms with Gasteiger partial charge in [0.05, 0.1) is 5.75 Å². The van der Waals surface area contributed by atoms with Crippen LogP contribution in [0.1, 0.15) is 11.6 Å². The lowest BCUT2D eigenvalue weighted by atomic mass is 10.1. The highest BCUT2D eigenvalue weighted by Crippen LogP contribution is 2.19. The van der Waals surface area contributed by atoms with Gasteiger partial charge in [0.2, 0.25) is 11.8 Å². The zero-order valence-corrected chi connectivity index (χ0v) is 13.6. The van der Waals surface area contributed by atoms with Crippen LogP contribution in [0.25, 0.3) is 0 Å². The van der Waals surface area contributed by atoms with Crippen LogP contribution in [0.2, 0.25) is 0 Å². The van der Waals surface area contributed by atoms with Crippen LogP contribution < -0.4 is 10.6 Å². The zero-order chi connectivity index (χ0) is 17.5. The molecule has 0 aliphatic carbocycles. The predicted octanol–water partition coefficient (Wildman–Crippen LogP) is 2.06. The molecule has 8 heteroatoms. The van der Waals surface area contributed by atoms with Gasteiger partial charge in [0.1, 0.15) is 6.04 Å². The summed E-state index contributed by atoms with van der Waals surface area (Å²) in [5.41, 5.74) is 0.163. The van der Waals surface area contributed by atoms with E-state index in [1.165, 1.54) is 24.9 Å². The summed E-state index contributed by atoms with van der Waals surface area (Å²) < 4.78 is 26.4. The van der Waals surface area contributed by atoms with E-state index in [1.54, 1.807) is 24.5 Å². The van der Waals surface area contributed by atoms with Crippen molar-refractivity contribution in [3.63, 3.8) is 0 Å². The number of carbonyl (C=O) groups is 2. The van der Waals surface area contributed by atoms with E-state index in [4.69, 9.17) is 0 Å². The Morgan fingerprint density at radius 2 is 1.88 bits per heavy atom. The Morgan fingerprint density at radius 3 is 2.50 bits per heavy atom. The third-order valence-corrected chi connectivity index (χ3v) is 4.12. The van der Waals surface area contributed by atoms with Crippen molar-refractivity contribution < 1.29 is 18.4 Å². The highest BCUT2D eigenvalue weighted by Gasteiger charge is 2.23. The Balaban J connectivity index is 2.06. The van der Waals surface area contributed by atoms with Gasteiger partial charge >= 0.3 is 0 Å². The van der Waals surface area contributed by atoms with Crippen LogP contribution >= 0.6 is 11.8 Å². The lowest BCUT2D eigenvalue weighted by Gasteiger charge is -2.18. The van der Waals surface area contributed by atoms with Crippen molar-refractivity contribution in [3.8, 4) is 0 Å². The van der Waals surface area contributed by atoms with Gasteiger partial charge < -0.3 is 10.6 Å². The summed E-state index contributed by atoms with van der Waals surface area (Å²) in [4.78, 5) is 28.8. The van der Waals surface area contributed by atoms with E-state index < -0.39 is 29.5 Å². The summed E-state index contributed by atoms with van der Waals surface area (Å²) >= 11 is 1.27. The second-order valence-electron chi connectivity index (χ2n) is 4.76. The summed E-state index contributed by atoms with van der Waals surface area (Å²) in [7, 11) is 1.40. The van der Waals surface area contributed by atoms with Gasteiger partial charge in [0, 0.05) is 24.3 Å². The molecule has 1 heterocycles. The quantitative estimate of drug-likeness (QED) is 0.782. The first-order chi connectivity index (χ1) is 11.5. The van der Waals surface area contributed by atoms with E-state index in [1.807, 2.05) is 0 Å². The molecule has 2 amide bonds. The maximum atomic E-state index is 13.4. The van der Waals surface area contributed by atoms with Crippen LogP contribution in [0, 0.1) is 11.6 Å². The van der Waals surface area contributed by atoms with Crippen molar-refractivity contribution in [2.75, 3.05) is 12.8 Å². The van der Waals surface area contributed by atoms with Gasteiger partial charge in [-0.3, -0.25) is 14.6 Å². The molecule has 2 N–H and O–H groups in total. The molecule has 0 aliphatic rings. The Bertz CT molecular complexity index is 729. The van der Waals surface area contributed by atoms with E-state index >= 15 is 0 Å². The van der Waals surface area contributed by atoms with Crippen LogP contribution in [0.5, 0.6) is 0 Å². The van der Waals surface area contributed by atoms with E-state index in [2.05, 4.69) is 15.6 Å². The molecule has 1 unspecified atom stereocenters. The molecule has 0 aliphatic heterocycles. The molecule has 0 bridgehead atoms. The smallest absolute Gasteiger partial charge is 0.246 e. The van der Waals surface area contributed by atoms with E-state index in [9.17, 15) is 18.4 Å². The molecule has 0 spiro atoms. The highest BCUT2D eigenvalue weighted by atomic mass is 32.2. The Kier molecular flexibility index (Phi) is 6.25. The van der Waals surface area contributed by atoms with Crippen LogP contribution in [0.3, 0.4) is 0 Å². The molecule has 0 saturated carbocycles. The van der Waals surface area contributed by atoms with Crippen LogP contribution in [-0.4, -0.2) is 29.6 Å². The second-order valence-corrected chi connectivity index (χ2v) is 5.81. The van der Waals surface area contributed by atoms with Crippen LogP contribution in [0.4, 0.5) is 8.78 Å². The van der Waals surface area contributed by atoms with E-state index in [0.29, 0.717) is 0 Å². The third-order valence-electron chi connectivity index (χ3n) is 3.11. The fourth-order valence-electron chi connectivity index (χ4n) is 1.92. The number of rotatable bonds is 6. The average molecular weight is 351 g/mol. The standard InChI is InChI=1S/C16H15F2N3O2S/c1-19-16(23)15(10-2-3-12(17)13(18)8-10)21-14(22)9-24-11-4-6-20-7-5-11/h2-8,15H,9H2,1H3,(H,19,23)(H,21,22). The second kappa shape index (κ2) is 8.39. The number of likely N-dealkylation sites (N-methyl/N-ethyl adjacent to an activating group) is 1. The van der Waals surface area contributed by atoms with Gasteiger partial charge in [0.15, 0.2) is 11.6 Å². The van der Waals surface area contributed by atoms with Crippen molar-refractivity contribution in [1.82, 2.24) is 15.6 Å². The number of nitrogens with zero attached hydrogens (tertiary/aromatic N) is 1. The van der Waals surface area contributed by atoms with Gasteiger partial charge in [-0.2, -0.15) is 0 Å². The Hall–Kier alpha value is -2.48. The molecule has 126 valence electrons. The fourth-order valence-corrected chi connectivity index (χ4v) is 2.62. The first-order valence-corrected chi connectivity index (χ1v) is 7.98. The van der Waals surface area contributed by atoms with Crippen molar-refractivity contribution in [2.45, 2.75) is 10.9 Å². The van der Waals surface area contributed by atoms with Gasteiger partial charge in [-0.15, -0.1) is 11.8 Å². The molecule has 0 saturated heterocycles. The Labute approximate surface area is 141 Å². The molecular weight excluding hydrogens is 336 g/mol. The molecule has 2 aromatic rings. The summed E-state index contributed by atoms with van der Waals surface area (Å²) in [5.74, 6) is -2.96. The predicted molar refractivity (Wildman–Crippen MR) is 86.3 cm³/mol. The number of aromatic nitrogens is 1. The number of amides is 2. The molecule has 2 rings (SSSR count). The Morgan fingerprint density at radius 1 is 1.17 bits per heavy atom. The van der Waals surface area contributed by atoms with Gasteiger partial charge in [-0.05, 0) is 29.8 Å². The van der Waals surface area contributed by atoms with Crippen LogP contribution in [-0.2, 0) is 9.59 Å². The van der Waals surface area contributed by atoms with E-state index in [-0.39, 0.29) is 11.3 Å². The number of nitrogens with one attached hydrogen (secondary N) is 2. The summed E-state index contributed by atoms with van der Waals surface area (Å²) in [5, 5.41) is 4.92. The molecule has 0 radical (unpaired) electrons. The van der Waals surface area contributed by atoms with Gasteiger partial charge in [-0.25, -0.2) is 8.78 Å². The highest BCUT2D eigenvalue weighted by molar-refractivity contribution is 8.00. The molecule has 5 nitrogen and oxygen atoms in total. The molecule has 0 fully saturated rings. The van der Waals surface area contributed by atoms with Crippen molar-refractivity contribution >= 4 is 23.6 Å². The number of benzene rings is 1. The zero-order valence-electron chi connectivity index (χ0n) is 12.8. The number of halogens is 2. The SMILES string of the molecule is CNC(=O)C(NC(=O)CSc1ccncc1)c1ccc(F)c(F)c1. The summed E-state index contributed by atoms with van der Waals surface area (Å²) in [6, 6.07) is 5.47. The topological polar surface area (TPSA) is 71.1 Å². The normalized spacial score (nSPS) is 11.6. The maximum Gasteiger partial charge on any atom is 0.246 e. The third kappa shape index (κ3) is 4.76. The molecule has 1 aromatic carbocycles. The molecular formula is C16H15F2N3O2S. The minimum absolute atomic E-state index is 0.0706. The maximum absolute atomic E-state index is 13.4. The molecule has 24 heavy (non-hydrogen) atoms.